The molecule has 0 atom stereocenters. The van der Waals surface area contributed by atoms with Crippen LogP contribution in [-0.2, 0) is 6.54 Å². The first-order valence-electron chi connectivity index (χ1n) is 6.07. The zero-order valence-electron chi connectivity index (χ0n) is 10.5. The molecule has 5 heteroatoms. The first kappa shape index (κ1) is 12.0. The lowest BCUT2D eigenvalue weighted by Crippen LogP contribution is -1.99. The predicted octanol–water partition coefficient (Wildman–Crippen LogP) is 3.35. The maximum absolute atomic E-state index is 6.26. The van der Waals surface area contributed by atoms with Crippen LogP contribution in [0.25, 0.3) is 22.6 Å². The number of nitrogen functional groups attached to an aromatic ring is 1. The van der Waals surface area contributed by atoms with Crippen molar-refractivity contribution in [3.05, 3.63) is 41.6 Å². The van der Waals surface area contributed by atoms with Crippen LogP contribution in [0, 0.1) is 0 Å². The molecule has 0 aliphatic rings. The smallest absolute Gasteiger partial charge is 0.160 e. The van der Waals surface area contributed by atoms with E-state index in [-0.39, 0.29) is 0 Å². The van der Waals surface area contributed by atoms with E-state index in [2.05, 4.69) is 16.9 Å². The van der Waals surface area contributed by atoms with Gasteiger partial charge in [-0.1, -0.05) is 11.6 Å². The molecule has 0 unspecified atom stereocenters. The largest absolute Gasteiger partial charge is 0.399 e. The van der Waals surface area contributed by atoms with Gasteiger partial charge in [-0.05, 0) is 37.3 Å². The molecule has 2 N–H and O–H groups in total. The Kier molecular flexibility index (Phi) is 2.87. The van der Waals surface area contributed by atoms with Crippen molar-refractivity contribution in [3.63, 3.8) is 0 Å². The molecule has 0 saturated heterocycles. The van der Waals surface area contributed by atoms with E-state index in [4.69, 9.17) is 17.3 Å². The second-order valence-corrected chi connectivity index (χ2v) is 4.67. The molecule has 19 heavy (non-hydrogen) atoms. The number of imidazole rings is 1. The van der Waals surface area contributed by atoms with Gasteiger partial charge in [-0.25, -0.2) is 9.97 Å². The SMILES string of the molecule is CCn1c(-c2cc(N)ccc2Cl)nc2cccnc21. The van der Waals surface area contributed by atoms with Crippen LogP contribution >= 0.6 is 11.6 Å². The van der Waals surface area contributed by atoms with Crippen LogP contribution in [0.3, 0.4) is 0 Å². The molecule has 0 aliphatic heterocycles. The van der Waals surface area contributed by atoms with Gasteiger partial charge in [-0.15, -0.1) is 0 Å². The molecule has 3 aromatic rings. The van der Waals surface area contributed by atoms with E-state index in [1.165, 1.54) is 0 Å². The second kappa shape index (κ2) is 4.55. The average Bonchev–Trinajstić information content (AvgIpc) is 2.79. The van der Waals surface area contributed by atoms with Crippen molar-refractivity contribution in [1.82, 2.24) is 14.5 Å². The molecule has 0 bridgehead atoms. The van der Waals surface area contributed by atoms with Crippen LogP contribution in [-0.4, -0.2) is 14.5 Å². The highest BCUT2D eigenvalue weighted by Crippen LogP contribution is 2.31. The van der Waals surface area contributed by atoms with Crippen LogP contribution < -0.4 is 5.73 Å². The highest BCUT2D eigenvalue weighted by Gasteiger charge is 2.14. The fraction of sp³-hybridized carbons (Fsp3) is 0.143. The molecule has 0 amide bonds. The van der Waals surface area contributed by atoms with E-state index in [0.717, 1.165) is 29.1 Å². The van der Waals surface area contributed by atoms with Crippen molar-refractivity contribution in [3.8, 4) is 11.4 Å². The number of rotatable bonds is 2. The highest BCUT2D eigenvalue weighted by atomic mass is 35.5. The maximum Gasteiger partial charge on any atom is 0.160 e. The Morgan fingerprint density at radius 3 is 2.95 bits per heavy atom. The predicted molar refractivity (Wildman–Crippen MR) is 78.1 cm³/mol. The summed E-state index contributed by atoms with van der Waals surface area (Å²) in [5.41, 5.74) is 9.06. The fourth-order valence-electron chi connectivity index (χ4n) is 2.18. The molecular weight excluding hydrogens is 260 g/mol. The number of anilines is 1. The number of pyridine rings is 1. The summed E-state index contributed by atoms with van der Waals surface area (Å²) < 4.78 is 2.04. The zero-order valence-corrected chi connectivity index (χ0v) is 11.2. The molecule has 0 radical (unpaired) electrons. The molecule has 0 saturated carbocycles. The van der Waals surface area contributed by atoms with E-state index in [1.54, 1.807) is 18.3 Å². The van der Waals surface area contributed by atoms with Crippen LogP contribution in [0.2, 0.25) is 5.02 Å². The summed E-state index contributed by atoms with van der Waals surface area (Å²) in [6, 6.07) is 9.23. The summed E-state index contributed by atoms with van der Waals surface area (Å²) in [7, 11) is 0. The van der Waals surface area contributed by atoms with Gasteiger partial charge in [0, 0.05) is 24.0 Å². The number of hydrogen-bond donors (Lipinski definition) is 1. The molecule has 4 nitrogen and oxygen atoms in total. The maximum atomic E-state index is 6.26. The van der Waals surface area contributed by atoms with Gasteiger partial charge in [0.1, 0.15) is 11.3 Å². The number of benzene rings is 1. The summed E-state index contributed by atoms with van der Waals surface area (Å²) in [6.45, 7) is 2.83. The third-order valence-electron chi connectivity index (χ3n) is 3.05. The average molecular weight is 273 g/mol. The second-order valence-electron chi connectivity index (χ2n) is 4.27. The zero-order chi connectivity index (χ0) is 13.4. The lowest BCUT2D eigenvalue weighted by atomic mass is 10.2. The fourth-order valence-corrected chi connectivity index (χ4v) is 2.38. The summed E-state index contributed by atoms with van der Waals surface area (Å²) in [4.78, 5) is 8.99. The summed E-state index contributed by atoms with van der Waals surface area (Å²) in [5.74, 6) is 0.800. The van der Waals surface area contributed by atoms with Gasteiger partial charge in [-0.2, -0.15) is 0 Å². The molecule has 0 fully saturated rings. The lowest BCUT2D eigenvalue weighted by molar-refractivity contribution is 0.787. The number of hydrogen-bond acceptors (Lipinski definition) is 3. The van der Waals surface area contributed by atoms with E-state index in [1.807, 2.05) is 22.8 Å². The Morgan fingerprint density at radius 2 is 2.16 bits per heavy atom. The Labute approximate surface area is 115 Å². The van der Waals surface area contributed by atoms with Crippen LogP contribution in [0.15, 0.2) is 36.5 Å². The first-order valence-corrected chi connectivity index (χ1v) is 6.45. The van der Waals surface area contributed by atoms with Crippen molar-refractivity contribution in [2.75, 3.05) is 5.73 Å². The number of aryl methyl sites for hydroxylation is 1. The van der Waals surface area contributed by atoms with Crippen molar-refractivity contribution in [2.45, 2.75) is 13.5 Å². The van der Waals surface area contributed by atoms with E-state index in [9.17, 15) is 0 Å². The molecule has 0 aliphatic carbocycles. The molecular formula is C14H13ClN4. The lowest BCUT2D eigenvalue weighted by Gasteiger charge is -2.07. The minimum absolute atomic E-state index is 0.638. The Morgan fingerprint density at radius 1 is 1.32 bits per heavy atom. The van der Waals surface area contributed by atoms with Crippen molar-refractivity contribution in [2.24, 2.45) is 0 Å². The minimum Gasteiger partial charge on any atom is -0.399 e. The topological polar surface area (TPSA) is 56.7 Å². The monoisotopic (exact) mass is 272 g/mol. The number of aromatic nitrogens is 3. The van der Waals surface area contributed by atoms with Crippen molar-refractivity contribution >= 4 is 28.5 Å². The van der Waals surface area contributed by atoms with Crippen molar-refractivity contribution in [1.29, 1.82) is 0 Å². The van der Waals surface area contributed by atoms with Gasteiger partial charge < -0.3 is 10.3 Å². The normalized spacial score (nSPS) is 11.1. The Balaban J connectivity index is 2.33. The third kappa shape index (κ3) is 1.94. The van der Waals surface area contributed by atoms with Gasteiger partial charge in [0.05, 0.1) is 5.02 Å². The van der Waals surface area contributed by atoms with Gasteiger partial charge in [0.25, 0.3) is 0 Å². The molecule has 2 heterocycles. The summed E-state index contributed by atoms with van der Waals surface area (Å²) in [5, 5.41) is 0.638. The quantitative estimate of drug-likeness (QED) is 0.728. The van der Waals surface area contributed by atoms with Gasteiger partial charge in [0.2, 0.25) is 0 Å². The summed E-state index contributed by atoms with van der Waals surface area (Å²) >= 11 is 6.26. The van der Waals surface area contributed by atoms with E-state index < -0.39 is 0 Å². The van der Waals surface area contributed by atoms with Crippen molar-refractivity contribution < 1.29 is 0 Å². The Bertz CT molecular complexity index is 748. The number of halogens is 1. The molecule has 96 valence electrons. The van der Waals surface area contributed by atoms with Gasteiger partial charge in [0.15, 0.2) is 5.65 Å². The van der Waals surface area contributed by atoms with Crippen LogP contribution in [0.1, 0.15) is 6.92 Å². The number of nitrogens with two attached hydrogens (primary N) is 1. The highest BCUT2D eigenvalue weighted by molar-refractivity contribution is 6.33. The minimum atomic E-state index is 0.638. The molecule has 3 rings (SSSR count). The molecule has 1 aromatic carbocycles. The summed E-state index contributed by atoms with van der Waals surface area (Å²) in [6.07, 6.45) is 1.76. The van der Waals surface area contributed by atoms with E-state index in [0.29, 0.717) is 10.7 Å². The molecule has 0 spiro atoms. The number of fused-ring (bicyclic) bond motifs is 1. The molecule has 2 aromatic heterocycles. The van der Waals surface area contributed by atoms with Crippen LogP contribution in [0.4, 0.5) is 5.69 Å². The number of nitrogens with zero attached hydrogens (tertiary/aromatic N) is 3. The van der Waals surface area contributed by atoms with Crippen LogP contribution in [0.5, 0.6) is 0 Å². The van der Waals surface area contributed by atoms with E-state index >= 15 is 0 Å². The third-order valence-corrected chi connectivity index (χ3v) is 3.38. The standard InChI is InChI=1S/C14H13ClN4/c1-2-19-13(10-8-9(16)5-6-11(10)15)18-12-4-3-7-17-14(12)19/h3-8H,2,16H2,1H3. The Hall–Kier alpha value is -2.07. The first-order chi connectivity index (χ1) is 9.20. The van der Waals surface area contributed by atoms with Gasteiger partial charge in [-0.3, -0.25) is 0 Å². The van der Waals surface area contributed by atoms with Gasteiger partial charge >= 0.3 is 0 Å².